The number of nitrogens with zero attached hydrogens (tertiary/aromatic N) is 2. The summed E-state index contributed by atoms with van der Waals surface area (Å²) in [5.74, 6) is 1.91. The lowest BCUT2D eigenvalue weighted by Crippen LogP contribution is -2.45. The van der Waals surface area contributed by atoms with Crippen LogP contribution < -0.4 is 20.5 Å². The van der Waals surface area contributed by atoms with Gasteiger partial charge in [0.25, 0.3) is 0 Å². The summed E-state index contributed by atoms with van der Waals surface area (Å²) in [7, 11) is -0.633. The molecule has 0 bridgehead atoms. The fourth-order valence-corrected chi connectivity index (χ4v) is 5.71. The number of hydrogen-bond acceptors (Lipinski definition) is 9. The standard InChI is InChI=1S/C22H28N4O4S2/c1-4-7-18(23)21(32(27,28)17-12-10-16(29-2)11-13-17)25-22-24-20(26-31-22)14-15-8-5-6-9-19(15)30-3/h5-6,8-13,18,21H,4,7,14,23H2,1-3H3,(H,24,25,26). The van der Waals surface area contributed by atoms with Crippen LogP contribution in [0.4, 0.5) is 5.13 Å². The molecule has 172 valence electrons. The molecule has 32 heavy (non-hydrogen) atoms. The molecule has 3 rings (SSSR count). The van der Waals surface area contributed by atoms with Gasteiger partial charge >= 0.3 is 0 Å². The van der Waals surface area contributed by atoms with Crippen molar-refractivity contribution < 1.29 is 17.9 Å². The van der Waals surface area contributed by atoms with Gasteiger partial charge in [-0.25, -0.2) is 13.4 Å². The van der Waals surface area contributed by atoms with Gasteiger partial charge in [-0.05, 0) is 36.8 Å². The minimum atomic E-state index is -3.78. The molecule has 0 spiro atoms. The van der Waals surface area contributed by atoms with Crippen LogP contribution in [0.3, 0.4) is 0 Å². The van der Waals surface area contributed by atoms with Crippen LogP contribution in [0.15, 0.2) is 53.4 Å². The highest BCUT2D eigenvalue weighted by atomic mass is 32.2. The summed E-state index contributed by atoms with van der Waals surface area (Å²) in [4.78, 5) is 4.67. The summed E-state index contributed by atoms with van der Waals surface area (Å²) in [6.07, 6.45) is 1.77. The predicted octanol–water partition coefficient (Wildman–Crippen LogP) is 3.49. The van der Waals surface area contributed by atoms with Gasteiger partial charge in [-0.1, -0.05) is 31.5 Å². The van der Waals surface area contributed by atoms with Crippen molar-refractivity contribution in [3.8, 4) is 11.5 Å². The molecule has 8 nitrogen and oxygen atoms in total. The number of benzene rings is 2. The van der Waals surface area contributed by atoms with Crippen molar-refractivity contribution in [2.45, 2.75) is 42.5 Å². The zero-order valence-electron chi connectivity index (χ0n) is 18.3. The molecule has 0 radical (unpaired) electrons. The summed E-state index contributed by atoms with van der Waals surface area (Å²) in [5.41, 5.74) is 7.25. The summed E-state index contributed by atoms with van der Waals surface area (Å²) in [6, 6.07) is 13.3. The Balaban J connectivity index is 1.84. The zero-order chi connectivity index (χ0) is 23.1. The molecule has 0 amide bonds. The van der Waals surface area contributed by atoms with E-state index in [4.69, 9.17) is 15.2 Å². The molecule has 0 aliphatic heterocycles. The van der Waals surface area contributed by atoms with Crippen molar-refractivity contribution in [3.05, 3.63) is 59.9 Å². The second-order valence-corrected chi connectivity index (χ2v) is 10.1. The SMILES string of the molecule is CCCC(N)C(Nc1nc(Cc2ccccc2OC)ns1)S(=O)(=O)c1ccc(OC)cc1. The van der Waals surface area contributed by atoms with Crippen LogP contribution in [-0.4, -0.2) is 43.4 Å². The molecule has 2 unspecified atom stereocenters. The molecule has 10 heteroatoms. The average molecular weight is 477 g/mol. The third kappa shape index (κ3) is 5.56. The van der Waals surface area contributed by atoms with Gasteiger partial charge in [0.15, 0.2) is 5.37 Å². The van der Waals surface area contributed by atoms with Crippen LogP contribution in [0.5, 0.6) is 11.5 Å². The first-order chi connectivity index (χ1) is 15.4. The number of ether oxygens (including phenoxy) is 2. The fraction of sp³-hybridized carbons (Fsp3) is 0.364. The summed E-state index contributed by atoms with van der Waals surface area (Å²) >= 11 is 1.11. The Hall–Kier alpha value is -2.69. The van der Waals surface area contributed by atoms with Crippen molar-refractivity contribution in [2.24, 2.45) is 5.73 Å². The topological polar surface area (TPSA) is 116 Å². The third-order valence-corrected chi connectivity index (χ3v) is 7.76. The Bertz CT molecular complexity index is 1120. The minimum Gasteiger partial charge on any atom is -0.497 e. The van der Waals surface area contributed by atoms with E-state index < -0.39 is 21.3 Å². The smallest absolute Gasteiger partial charge is 0.203 e. The van der Waals surface area contributed by atoms with Crippen molar-refractivity contribution in [2.75, 3.05) is 19.5 Å². The van der Waals surface area contributed by atoms with Crippen molar-refractivity contribution in [1.82, 2.24) is 9.36 Å². The van der Waals surface area contributed by atoms with E-state index in [0.29, 0.717) is 29.5 Å². The Morgan fingerprint density at radius 3 is 2.47 bits per heavy atom. The van der Waals surface area contributed by atoms with Crippen molar-refractivity contribution in [3.63, 3.8) is 0 Å². The van der Waals surface area contributed by atoms with E-state index in [-0.39, 0.29) is 4.90 Å². The van der Waals surface area contributed by atoms with Crippen LogP contribution in [0.2, 0.25) is 0 Å². The largest absolute Gasteiger partial charge is 0.497 e. The lowest BCUT2D eigenvalue weighted by molar-refractivity contribution is 0.410. The van der Waals surface area contributed by atoms with Gasteiger partial charge in [-0.3, -0.25) is 0 Å². The number of aromatic nitrogens is 2. The molecule has 3 aromatic rings. The molecule has 0 aliphatic rings. The molecule has 2 aromatic carbocycles. The summed E-state index contributed by atoms with van der Waals surface area (Å²) < 4.78 is 41.7. The van der Waals surface area contributed by atoms with Crippen LogP contribution in [0.1, 0.15) is 31.2 Å². The second-order valence-electron chi connectivity index (χ2n) is 7.24. The maximum Gasteiger partial charge on any atom is 0.203 e. The maximum absolute atomic E-state index is 13.4. The van der Waals surface area contributed by atoms with E-state index in [0.717, 1.165) is 29.3 Å². The first-order valence-corrected chi connectivity index (χ1v) is 12.6. The first kappa shape index (κ1) is 24.0. The zero-order valence-corrected chi connectivity index (χ0v) is 19.9. The van der Waals surface area contributed by atoms with Crippen LogP contribution >= 0.6 is 11.5 Å². The van der Waals surface area contributed by atoms with Gasteiger partial charge in [0.2, 0.25) is 15.0 Å². The number of nitrogens with two attached hydrogens (primary N) is 1. The van der Waals surface area contributed by atoms with Crippen LogP contribution in [0, 0.1) is 0 Å². The van der Waals surface area contributed by atoms with Gasteiger partial charge in [0, 0.05) is 29.6 Å². The van der Waals surface area contributed by atoms with Gasteiger partial charge in [0.1, 0.15) is 17.3 Å². The molecular formula is C22H28N4O4S2. The highest BCUT2D eigenvalue weighted by Crippen LogP contribution is 2.26. The van der Waals surface area contributed by atoms with E-state index in [1.165, 1.54) is 19.2 Å². The van der Waals surface area contributed by atoms with E-state index in [1.807, 2.05) is 31.2 Å². The van der Waals surface area contributed by atoms with Crippen LogP contribution in [-0.2, 0) is 16.3 Å². The second kappa shape index (κ2) is 10.8. The van der Waals surface area contributed by atoms with Gasteiger partial charge in [0.05, 0.1) is 19.1 Å². The third-order valence-electron chi connectivity index (χ3n) is 5.01. The number of hydrogen-bond donors (Lipinski definition) is 2. The number of sulfone groups is 1. The van der Waals surface area contributed by atoms with Gasteiger partial charge in [-0.2, -0.15) is 4.37 Å². The number of anilines is 1. The normalized spacial score (nSPS) is 13.4. The Kier molecular flexibility index (Phi) is 8.05. The maximum atomic E-state index is 13.4. The average Bonchev–Trinajstić information content (AvgIpc) is 3.25. The summed E-state index contributed by atoms with van der Waals surface area (Å²) in [5, 5.41) is 2.40. The molecule has 0 aliphatic carbocycles. The highest BCUT2D eigenvalue weighted by molar-refractivity contribution is 7.92. The fourth-order valence-electron chi connectivity index (χ4n) is 3.34. The van der Waals surface area contributed by atoms with E-state index in [9.17, 15) is 8.42 Å². The van der Waals surface area contributed by atoms with E-state index >= 15 is 0 Å². The van der Waals surface area contributed by atoms with Crippen molar-refractivity contribution in [1.29, 1.82) is 0 Å². The summed E-state index contributed by atoms with van der Waals surface area (Å²) in [6.45, 7) is 1.97. The van der Waals surface area contributed by atoms with E-state index in [2.05, 4.69) is 14.7 Å². The molecule has 0 saturated heterocycles. The number of nitrogens with one attached hydrogen (secondary N) is 1. The lowest BCUT2D eigenvalue weighted by atomic mass is 10.1. The monoisotopic (exact) mass is 476 g/mol. The van der Waals surface area contributed by atoms with Gasteiger partial charge < -0.3 is 20.5 Å². The molecule has 1 heterocycles. The Morgan fingerprint density at radius 2 is 1.81 bits per heavy atom. The number of methoxy groups -OCH3 is 2. The van der Waals surface area contributed by atoms with Crippen LogP contribution in [0.25, 0.3) is 0 Å². The molecule has 2 atom stereocenters. The lowest BCUT2D eigenvalue weighted by Gasteiger charge is -2.24. The molecular weight excluding hydrogens is 448 g/mol. The quantitative estimate of drug-likeness (QED) is 0.432. The molecule has 0 saturated carbocycles. The first-order valence-electron chi connectivity index (χ1n) is 10.2. The number of rotatable bonds is 11. The predicted molar refractivity (Wildman–Crippen MR) is 126 cm³/mol. The van der Waals surface area contributed by atoms with E-state index in [1.54, 1.807) is 19.2 Å². The Morgan fingerprint density at radius 1 is 1.09 bits per heavy atom. The number of para-hydroxylation sites is 1. The minimum absolute atomic E-state index is 0.168. The Labute approximate surface area is 192 Å². The highest BCUT2D eigenvalue weighted by Gasteiger charge is 2.33. The molecule has 0 fully saturated rings. The van der Waals surface area contributed by atoms with Crippen molar-refractivity contribution >= 4 is 26.5 Å². The molecule has 3 N–H and O–H groups in total. The molecule has 1 aromatic heterocycles. The van der Waals surface area contributed by atoms with Gasteiger partial charge in [-0.15, -0.1) is 0 Å².